The van der Waals surface area contributed by atoms with Gasteiger partial charge in [-0.3, -0.25) is 14.8 Å². The maximum Gasteiger partial charge on any atom is 0.263 e. The van der Waals surface area contributed by atoms with Crippen LogP contribution < -0.4 is 10.8 Å². The molecular formula is C21H23N3O3S. The second-order valence-corrected chi connectivity index (χ2v) is 7.58. The molecular weight excluding hydrogens is 374 g/mol. The number of carbonyl (C=O) groups excluding carboxylic acids is 2. The third-order valence-electron chi connectivity index (χ3n) is 4.47. The average molecular weight is 398 g/mol. The molecule has 146 valence electrons. The van der Waals surface area contributed by atoms with Crippen molar-refractivity contribution < 1.29 is 14.8 Å². The van der Waals surface area contributed by atoms with Gasteiger partial charge in [0, 0.05) is 18.5 Å². The summed E-state index contributed by atoms with van der Waals surface area (Å²) in [5.41, 5.74) is 2.63. The molecule has 0 aliphatic rings. The molecule has 0 bridgehead atoms. The van der Waals surface area contributed by atoms with Gasteiger partial charge in [-0.05, 0) is 29.7 Å². The van der Waals surface area contributed by atoms with Crippen LogP contribution in [0.4, 0.5) is 0 Å². The number of nitrogens with one attached hydrogen (secondary N) is 2. The summed E-state index contributed by atoms with van der Waals surface area (Å²) in [6, 6.07) is 14.3. The van der Waals surface area contributed by atoms with Crippen LogP contribution in [0.1, 0.15) is 41.8 Å². The molecule has 0 unspecified atom stereocenters. The summed E-state index contributed by atoms with van der Waals surface area (Å²) in [6.45, 7) is 0.592. The molecule has 0 radical (unpaired) electrons. The quantitative estimate of drug-likeness (QED) is 0.287. The Balaban J connectivity index is 1.46. The largest absolute Gasteiger partial charge is 0.351 e. The first kappa shape index (κ1) is 20.0. The van der Waals surface area contributed by atoms with Gasteiger partial charge in [-0.2, -0.15) is 0 Å². The fraction of sp³-hybridized carbons (Fsp3) is 0.286. The van der Waals surface area contributed by atoms with Crippen LogP contribution in [-0.2, 0) is 4.79 Å². The maximum absolute atomic E-state index is 12.3. The fourth-order valence-corrected chi connectivity index (χ4v) is 3.77. The lowest BCUT2D eigenvalue weighted by atomic mass is 10.1. The first-order valence-corrected chi connectivity index (χ1v) is 10.1. The Morgan fingerprint density at radius 1 is 1.00 bits per heavy atom. The van der Waals surface area contributed by atoms with E-state index in [4.69, 9.17) is 5.21 Å². The van der Waals surface area contributed by atoms with Gasteiger partial charge in [0.05, 0.1) is 6.20 Å². The minimum Gasteiger partial charge on any atom is -0.351 e. The van der Waals surface area contributed by atoms with Crippen LogP contribution >= 0.6 is 11.3 Å². The molecule has 3 rings (SSSR count). The van der Waals surface area contributed by atoms with Crippen molar-refractivity contribution in [2.24, 2.45) is 0 Å². The average Bonchev–Trinajstić information content (AvgIpc) is 3.22. The molecule has 3 N–H and O–H groups in total. The zero-order chi connectivity index (χ0) is 19.8. The highest BCUT2D eigenvalue weighted by molar-refractivity contribution is 7.16. The van der Waals surface area contributed by atoms with E-state index in [1.54, 1.807) is 11.7 Å². The molecule has 0 saturated heterocycles. The number of carbonyl (C=O) groups is 2. The van der Waals surface area contributed by atoms with E-state index in [9.17, 15) is 9.59 Å². The van der Waals surface area contributed by atoms with E-state index in [2.05, 4.69) is 34.6 Å². The van der Waals surface area contributed by atoms with E-state index < -0.39 is 0 Å². The van der Waals surface area contributed by atoms with Crippen molar-refractivity contribution in [2.45, 2.75) is 32.1 Å². The van der Waals surface area contributed by atoms with E-state index in [0.29, 0.717) is 17.8 Å². The number of thiazole rings is 1. The topological polar surface area (TPSA) is 91.3 Å². The highest BCUT2D eigenvalue weighted by atomic mass is 32.1. The van der Waals surface area contributed by atoms with Gasteiger partial charge in [0.15, 0.2) is 0 Å². The molecule has 3 aromatic rings. The van der Waals surface area contributed by atoms with Gasteiger partial charge in [0.1, 0.15) is 9.88 Å². The molecule has 2 amide bonds. The Bertz CT molecular complexity index is 955. The lowest BCUT2D eigenvalue weighted by Gasteiger charge is -2.03. The minimum atomic E-state index is -0.360. The summed E-state index contributed by atoms with van der Waals surface area (Å²) < 4.78 is 0. The molecule has 28 heavy (non-hydrogen) atoms. The molecule has 2 aromatic carbocycles. The van der Waals surface area contributed by atoms with Crippen molar-refractivity contribution in [1.82, 2.24) is 15.8 Å². The first-order valence-electron chi connectivity index (χ1n) is 9.33. The molecule has 0 spiro atoms. The zero-order valence-electron chi connectivity index (χ0n) is 15.5. The number of nitrogens with zero attached hydrogens (tertiary/aromatic N) is 1. The van der Waals surface area contributed by atoms with E-state index in [1.807, 2.05) is 18.2 Å². The standard InChI is InChI=1S/C21H23N3O3S/c25-19(24-27)9-3-1-2-6-12-22-20(26)18-14-23-21(28-18)17-11-10-15-7-4-5-8-16(15)13-17/h4-5,7-8,10-11,13-14,27H,1-3,6,9,12H2,(H,22,26)(H,24,25). The summed E-state index contributed by atoms with van der Waals surface area (Å²) in [6.07, 6.45) is 5.33. The Labute approximate surface area is 167 Å². The van der Waals surface area contributed by atoms with Crippen LogP contribution in [0.15, 0.2) is 48.7 Å². The normalized spacial score (nSPS) is 10.8. The Kier molecular flexibility index (Phi) is 7.11. The Hall–Kier alpha value is -2.77. The SMILES string of the molecule is O=C(CCCCCCNC(=O)c1cnc(-c2ccc3ccccc3c2)s1)NO. The number of rotatable bonds is 9. The van der Waals surface area contributed by atoms with Crippen molar-refractivity contribution in [2.75, 3.05) is 6.54 Å². The summed E-state index contributed by atoms with van der Waals surface area (Å²) in [5.74, 6) is -0.468. The van der Waals surface area contributed by atoms with Gasteiger partial charge in [-0.1, -0.05) is 49.2 Å². The van der Waals surface area contributed by atoms with Gasteiger partial charge in [0.2, 0.25) is 5.91 Å². The first-order chi connectivity index (χ1) is 13.7. The molecule has 6 nitrogen and oxygen atoms in total. The number of benzene rings is 2. The van der Waals surface area contributed by atoms with Gasteiger partial charge in [0.25, 0.3) is 5.91 Å². The van der Waals surface area contributed by atoms with Crippen molar-refractivity contribution in [3.05, 3.63) is 53.5 Å². The molecule has 0 aliphatic carbocycles. The van der Waals surface area contributed by atoms with Crippen molar-refractivity contribution in [3.63, 3.8) is 0 Å². The van der Waals surface area contributed by atoms with Gasteiger partial charge in [-0.25, -0.2) is 10.5 Å². The molecule has 0 saturated carbocycles. The maximum atomic E-state index is 12.3. The highest BCUT2D eigenvalue weighted by Gasteiger charge is 2.11. The minimum absolute atomic E-state index is 0.107. The second-order valence-electron chi connectivity index (χ2n) is 6.55. The van der Waals surface area contributed by atoms with Crippen LogP contribution in [0, 0.1) is 0 Å². The van der Waals surface area contributed by atoms with Crippen molar-refractivity contribution in [1.29, 1.82) is 0 Å². The predicted octanol–water partition coefficient (Wildman–Crippen LogP) is 4.15. The van der Waals surface area contributed by atoms with Crippen molar-refractivity contribution in [3.8, 4) is 10.6 Å². The van der Waals surface area contributed by atoms with E-state index >= 15 is 0 Å². The van der Waals surface area contributed by atoms with Crippen LogP contribution in [0.3, 0.4) is 0 Å². The third-order valence-corrected chi connectivity index (χ3v) is 5.51. The van der Waals surface area contributed by atoms with E-state index in [1.165, 1.54) is 16.7 Å². The molecule has 0 fully saturated rings. The zero-order valence-corrected chi connectivity index (χ0v) is 16.3. The fourth-order valence-electron chi connectivity index (χ4n) is 2.94. The van der Waals surface area contributed by atoms with E-state index in [0.717, 1.165) is 41.6 Å². The third kappa shape index (κ3) is 5.37. The van der Waals surface area contributed by atoms with E-state index in [-0.39, 0.29) is 11.8 Å². The monoisotopic (exact) mass is 397 g/mol. The summed E-state index contributed by atoms with van der Waals surface area (Å²) >= 11 is 1.39. The van der Waals surface area contributed by atoms with Gasteiger partial charge in [-0.15, -0.1) is 11.3 Å². The predicted molar refractivity (Wildman–Crippen MR) is 110 cm³/mol. The van der Waals surface area contributed by atoms with Crippen LogP contribution in [-0.4, -0.2) is 28.6 Å². The second kappa shape index (κ2) is 9.96. The lowest BCUT2D eigenvalue weighted by Crippen LogP contribution is -2.23. The summed E-state index contributed by atoms with van der Waals surface area (Å²) in [5, 5.41) is 14.5. The highest BCUT2D eigenvalue weighted by Crippen LogP contribution is 2.28. The molecule has 0 aliphatic heterocycles. The number of aromatic nitrogens is 1. The van der Waals surface area contributed by atoms with Gasteiger partial charge >= 0.3 is 0 Å². The van der Waals surface area contributed by atoms with Crippen molar-refractivity contribution >= 4 is 33.9 Å². The number of unbranched alkanes of at least 4 members (excludes halogenated alkanes) is 3. The number of hydrogen-bond acceptors (Lipinski definition) is 5. The number of fused-ring (bicyclic) bond motifs is 1. The van der Waals surface area contributed by atoms with Crippen LogP contribution in [0.2, 0.25) is 0 Å². The van der Waals surface area contributed by atoms with Gasteiger partial charge < -0.3 is 5.32 Å². The number of amides is 2. The molecule has 1 heterocycles. The Morgan fingerprint density at radius 2 is 1.79 bits per heavy atom. The summed E-state index contributed by atoms with van der Waals surface area (Å²) in [7, 11) is 0. The van der Waals surface area contributed by atoms with Crippen LogP contribution in [0.25, 0.3) is 21.3 Å². The summed E-state index contributed by atoms with van der Waals surface area (Å²) in [4.78, 5) is 28.2. The van der Waals surface area contributed by atoms with Crippen LogP contribution in [0.5, 0.6) is 0 Å². The Morgan fingerprint density at radius 3 is 2.61 bits per heavy atom. The molecule has 0 atom stereocenters. The number of hydroxylamine groups is 1. The lowest BCUT2D eigenvalue weighted by molar-refractivity contribution is -0.129. The number of hydrogen-bond donors (Lipinski definition) is 3. The smallest absolute Gasteiger partial charge is 0.263 e. The molecule has 1 aromatic heterocycles. The molecule has 7 heteroatoms.